The van der Waals surface area contributed by atoms with Crippen LogP contribution in [0.3, 0.4) is 0 Å². The number of ether oxygens (including phenoxy) is 3. The van der Waals surface area contributed by atoms with Gasteiger partial charge in [0, 0.05) is 18.8 Å². The fourth-order valence-electron chi connectivity index (χ4n) is 4.24. The number of likely N-dealkylation sites (tertiary alicyclic amines) is 1. The molecule has 0 spiro atoms. The Morgan fingerprint density at radius 3 is 2.37 bits per heavy atom. The van der Waals surface area contributed by atoms with Crippen LogP contribution < -0.4 is 9.47 Å². The number of carbonyl (C=O) groups excluding carboxylic acids is 3. The van der Waals surface area contributed by atoms with Gasteiger partial charge in [-0.1, -0.05) is 29.8 Å². The fourth-order valence-corrected chi connectivity index (χ4v) is 4.47. The lowest BCUT2D eigenvalue weighted by Crippen LogP contribution is -2.29. The Labute approximate surface area is 224 Å². The molecule has 4 rings (SSSR count). The Morgan fingerprint density at radius 1 is 1.05 bits per heavy atom. The van der Waals surface area contributed by atoms with Crippen molar-refractivity contribution >= 4 is 35.0 Å². The smallest absolute Gasteiger partial charge is 0.338 e. The Hall–Kier alpha value is -4.37. The number of carbonyl (C=O) groups is 3. The largest absolute Gasteiger partial charge is 0.507 e. The van der Waals surface area contributed by atoms with Gasteiger partial charge < -0.3 is 24.2 Å². The van der Waals surface area contributed by atoms with E-state index in [1.807, 2.05) is 0 Å². The number of aliphatic hydroxyl groups is 1. The molecule has 1 atom stereocenters. The zero-order valence-electron chi connectivity index (χ0n) is 20.9. The van der Waals surface area contributed by atoms with Gasteiger partial charge in [-0.3, -0.25) is 14.6 Å². The minimum absolute atomic E-state index is 0.0206. The van der Waals surface area contributed by atoms with Crippen LogP contribution in [0.5, 0.6) is 11.5 Å². The molecule has 38 heavy (non-hydrogen) atoms. The highest BCUT2D eigenvalue weighted by Crippen LogP contribution is 2.43. The predicted molar refractivity (Wildman–Crippen MR) is 139 cm³/mol. The number of ketones is 1. The molecule has 2 heterocycles. The van der Waals surface area contributed by atoms with Gasteiger partial charge in [0.2, 0.25) is 0 Å². The number of hydrogen-bond acceptors (Lipinski definition) is 8. The van der Waals surface area contributed by atoms with Gasteiger partial charge in [-0.05, 0) is 42.8 Å². The third kappa shape index (κ3) is 5.05. The van der Waals surface area contributed by atoms with E-state index < -0.39 is 29.5 Å². The zero-order chi connectivity index (χ0) is 27.4. The van der Waals surface area contributed by atoms with E-state index in [2.05, 4.69) is 4.98 Å². The summed E-state index contributed by atoms with van der Waals surface area (Å²) in [5.41, 5.74) is 1.39. The summed E-state index contributed by atoms with van der Waals surface area (Å²) in [5, 5.41) is 11.7. The average Bonchev–Trinajstić information content (AvgIpc) is 3.18. The van der Waals surface area contributed by atoms with Gasteiger partial charge >= 0.3 is 5.97 Å². The molecule has 0 saturated carbocycles. The normalized spacial score (nSPS) is 16.4. The summed E-state index contributed by atoms with van der Waals surface area (Å²) in [4.78, 5) is 44.3. The van der Waals surface area contributed by atoms with E-state index in [4.69, 9.17) is 25.8 Å². The molecule has 1 aromatic heterocycles. The van der Waals surface area contributed by atoms with E-state index >= 15 is 0 Å². The van der Waals surface area contributed by atoms with Crippen LogP contribution in [0.2, 0.25) is 5.02 Å². The molecule has 0 radical (unpaired) electrons. The lowest BCUT2D eigenvalue weighted by atomic mass is 9.97. The number of amides is 1. The molecular weight excluding hydrogens is 512 g/mol. The number of aliphatic hydroxyl groups excluding tert-OH is 1. The topological polar surface area (TPSA) is 115 Å². The minimum Gasteiger partial charge on any atom is -0.507 e. The maximum absolute atomic E-state index is 13.3. The molecule has 1 fully saturated rings. The van der Waals surface area contributed by atoms with Gasteiger partial charge in [-0.15, -0.1) is 0 Å². The number of esters is 1. The van der Waals surface area contributed by atoms with E-state index in [9.17, 15) is 19.5 Å². The van der Waals surface area contributed by atoms with Gasteiger partial charge in [0.25, 0.3) is 11.7 Å². The summed E-state index contributed by atoms with van der Waals surface area (Å²) in [6.45, 7) is 1.99. The molecule has 1 unspecified atom stereocenters. The standard InChI is InChI=1S/C28H25ClN2O7/c1-4-38-28(35)17-10-8-16(9-11-17)15-31-24(20-7-5-6-12-30-20)23(26(33)27(31)34)25(32)18-13-22(37-3)19(29)14-21(18)36-2/h5-14,24,32H,4,15H2,1-3H3/b25-23+. The highest BCUT2D eigenvalue weighted by molar-refractivity contribution is 6.46. The molecule has 0 bridgehead atoms. The van der Waals surface area contributed by atoms with Crippen LogP contribution in [0.1, 0.15) is 40.1 Å². The molecule has 1 amide bonds. The van der Waals surface area contributed by atoms with Gasteiger partial charge in [0.05, 0.1) is 48.2 Å². The summed E-state index contributed by atoms with van der Waals surface area (Å²) in [7, 11) is 2.81. The van der Waals surface area contributed by atoms with Crippen molar-refractivity contribution in [3.63, 3.8) is 0 Å². The number of methoxy groups -OCH3 is 2. The highest BCUT2D eigenvalue weighted by atomic mass is 35.5. The van der Waals surface area contributed by atoms with Crippen LogP contribution in [0.25, 0.3) is 5.76 Å². The van der Waals surface area contributed by atoms with Crippen molar-refractivity contribution in [3.05, 3.63) is 93.8 Å². The van der Waals surface area contributed by atoms with Gasteiger partial charge in [0.1, 0.15) is 23.3 Å². The van der Waals surface area contributed by atoms with Gasteiger partial charge in [0.15, 0.2) is 0 Å². The van der Waals surface area contributed by atoms with Crippen LogP contribution >= 0.6 is 11.6 Å². The van der Waals surface area contributed by atoms with Crippen molar-refractivity contribution in [2.45, 2.75) is 19.5 Å². The monoisotopic (exact) mass is 536 g/mol. The van der Waals surface area contributed by atoms with E-state index in [0.29, 0.717) is 16.8 Å². The Morgan fingerprint density at radius 2 is 1.76 bits per heavy atom. The Balaban J connectivity index is 1.81. The molecule has 9 nitrogen and oxygen atoms in total. The molecule has 1 aliphatic heterocycles. The summed E-state index contributed by atoms with van der Waals surface area (Å²) >= 11 is 6.21. The van der Waals surface area contributed by atoms with Crippen LogP contribution in [0, 0.1) is 0 Å². The average molecular weight is 537 g/mol. The van der Waals surface area contributed by atoms with E-state index in [1.54, 1.807) is 49.4 Å². The van der Waals surface area contributed by atoms with Crippen LogP contribution in [0.4, 0.5) is 0 Å². The zero-order valence-corrected chi connectivity index (χ0v) is 21.7. The first-order chi connectivity index (χ1) is 18.3. The second-order valence-corrected chi connectivity index (χ2v) is 8.69. The number of rotatable bonds is 8. The van der Waals surface area contributed by atoms with Crippen molar-refractivity contribution in [1.29, 1.82) is 0 Å². The molecule has 1 aliphatic rings. The molecular formula is C28H25ClN2O7. The molecule has 3 aromatic rings. The maximum Gasteiger partial charge on any atom is 0.338 e. The number of halogens is 1. The summed E-state index contributed by atoms with van der Waals surface area (Å²) in [6, 6.07) is 13.5. The Bertz CT molecular complexity index is 1400. The van der Waals surface area contributed by atoms with Crippen molar-refractivity contribution in [2.75, 3.05) is 20.8 Å². The molecule has 1 N–H and O–H groups in total. The number of hydrogen-bond donors (Lipinski definition) is 1. The molecule has 2 aromatic carbocycles. The van der Waals surface area contributed by atoms with Crippen LogP contribution in [-0.2, 0) is 20.9 Å². The quantitative estimate of drug-likeness (QED) is 0.193. The number of benzene rings is 2. The third-order valence-electron chi connectivity index (χ3n) is 6.05. The second-order valence-electron chi connectivity index (χ2n) is 8.29. The van der Waals surface area contributed by atoms with Crippen molar-refractivity contribution in [1.82, 2.24) is 9.88 Å². The third-order valence-corrected chi connectivity index (χ3v) is 6.35. The first-order valence-electron chi connectivity index (χ1n) is 11.7. The summed E-state index contributed by atoms with van der Waals surface area (Å²) in [6.07, 6.45) is 1.54. The van der Waals surface area contributed by atoms with Crippen molar-refractivity contribution in [3.8, 4) is 11.5 Å². The second kappa shape index (κ2) is 11.4. The van der Waals surface area contributed by atoms with Gasteiger partial charge in [-0.2, -0.15) is 0 Å². The SMILES string of the molecule is CCOC(=O)c1ccc(CN2C(=O)C(=O)/C(=C(/O)c3cc(OC)c(Cl)cc3OC)C2c2ccccn2)cc1. The van der Waals surface area contributed by atoms with E-state index in [1.165, 1.54) is 37.4 Å². The predicted octanol–water partition coefficient (Wildman–Crippen LogP) is 4.55. The lowest BCUT2D eigenvalue weighted by Gasteiger charge is -2.25. The summed E-state index contributed by atoms with van der Waals surface area (Å²) < 4.78 is 15.7. The first-order valence-corrected chi connectivity index (χ1v) is 12.1. The highest BCUT2D eigenvalue weighted by Gasteiger charge is 2.47. The molecule has 0 aliphatic carbocycles. The number of nitrogens with zero attached hydrogens (tertiary/aromatic N) is 2. The first kappa shape index (κ1) is 26.7. The lowest BCUT2D eigenvalue weighted by molar-refractivity contribution is -0.140. The minimum atomic E-state index is -0.993. The molecule has 1 saturated heterocycles. The van der Waals surface area contributed by atoms with Crippen molar-refractivity contribution in [2.24, 2.45) is 0 Å². The Kier molecular flexibility index (Phi) is 7.97. The van der Waals surface area contributed by atoms with Gasteiger partial charge in [-0.25, -0.2) is 4.79 Å². The number of pyridine rings is 1. The fraction of sp³-hybridized carbons (Fsp3) is 0.214. The van der Waals surface area contributed by atoms with Crippen LogP contribution in [0.15, 0.2) is 66.4 Å². The molecule has 10 heteroatoms. The maximum atomic E-state index is 13.3. The van der Waals surface area contributed by atoms with E-state index in [-0.39, 0.29) is 40.8 Å². The van der Waals surface area contributed by atoms with E-state index in [0.717, 1.165) is 0 Å². The molecule has 196 valence electrons. The van der Waals surface area contributed by atoms with Crippen LogP contribution in [-0.4, -0.2) is 53.5 Å². The summed E-state index contributed by atoms with van der Waals surface area (Å²) in [5.74, 6) is -2.16. The number of aromatic nitrogens is 1. The van der Waals surface area contributed by atoms with Crippen molar-refractivity contribution < 1.29 is 33.7 Å². The number of Topliss-reactive ketones (excluding diaryl/α,β-unsaturated/α-hetero) is 1.